The molecule has 1 aromatic carbocycles. The van der Waals surface area contributed by atoms with E-state index in [-0.39, 0.29) is 16.9 Å². The van der Waals surface area contributed by atoms with Crippen LogP contribution >= 0.6 is 15.9 Å². The summed E-state index contributed by atoms with van der Waals surface area (Å²) in [4.78, 5) is 18.1. The first-order valence-corrected chi connectivity index (χ1v) is 7.10. The van der Waals surface area contributed by atoms with Gasteiger partial charge in [0.1, 0.15) is 10.2 Å². The Hall–Kier alpha value is -1.62. The van der Waals surface area contributed by atoms with Crippen LogP contribution in [0.3, 0.4) is 0 Å². The standard InChI is InChI=1S/C15H17BrN2O2/c1-9-5-6-10(15(2,3)4)11(7-9)20-14-12(16)13(19)17-8-18-14/h5-8H,1-4H3,(H,17,18,19). The lowest BCUT2D eigenvalue weighted by Gasteiger charge is -2.23. The van der Waals surface area contributed by atoms with Gasteiger partial charge < -0.3 is 9.72 Å². The van der Waals surface area contributed by atoms with Crippen molar-refractivity contribution >= 4 is 15.9 Å². The molecule has 0 spiro atoms. The molecule has 0 fully saturated rings. The van der Waals surface area contributed by atoms with Gasteiger partial charge >= 0.3 is 0 Å². The van der Waals surface area contributed by atoms with E-state index in [4.69, 9.17) is 4.74 Å². The number of hydrogen-bond donors (Lipinski definition) is 1. The van der Waals surface area contributed by atoms with Gasteiger partial charge in [0, 0.05) is 5.56 Å². The molecule has 2 rings (SSSR count). The third-order valence-corrected chi connectivity index (χ3v) is 3.62. The van der Waals surface area contributed by atoms with Crippen LogP contribution in [0.1, 0.15) is 31.9 Å². The van der Waals surface area contributed by atoms with Crippen LogP contribution in [-0.4, -0.2) is 9.97 Å². The average molecular weight is 337 g/mol. The topological polar surface area (TPSA) is 55.0 Å². The molecule has 20 heavy (non-hydrogen) atoms. The third-order valence-electron chi connectivity index (χ3n) is 2.92. The minimum Gasteiger partial charge on any atom is -0.437 e. The molecule has 5 heteroatoms. The number of aromatic amines is 1. The van der Waals surface area contributed by atoms with Crippen molar-refractivity contribution in [3.05, 3.63) is 50.5 Å². The maximum Gasteiger partial charge on any atom is 0.268 e. The number of benzene rings is 1. The van der Waals surface area contributed by atoms with Gasteiger partial charge in [0.2, 0.25) is 5.88 Å². The van der Waals surface area contributed by atoms with Crippen LogP contribution in [0.2, 0.25) is 0 Å². The van der Waals surface area contributed by atoms with E-state index in [1.165, 1.54) is 6.33 Å². The summed E-state index contributed by atoms with van der Waals surface area (Å²) in [6.07, 6.45) is 1.33. The van der Waals surface area contributed by atoms with Crippen LogP contribution in [0.4, 0.5) is 0 Å². The van der Waals surface area contributed by atoms with Gasteiger partial charge in [0.25, 0.3) is 5.56 Å². The van der Waals surface area contributed by atoms with Gasteiger partial charge in [-0.1, -0.05) is 32.9 Å². The van der Waals surface area contributed by atoms with E-state index in [0.29, 0.717) is 4.47 Å². The molecule has 0 aliphatic rings. The van der Waals surface area contributed by atoms with Crippen molar-refractivity contribution in [2.75, 3.05) is 0 Å². The lowest BCUT2D eigenvalue weighted by Crippen LogP contribution is -2.14. The number of nitrogens with zero attached hydrogens (tertiary/aromatic N) is 1. The lowest BCUT2D eigenvalue weighted by molar-refractivity contribution is 0.434. The fourth-order valence-corrected chi connectivity index (χ4v) is 2.17. The molecule has 4 nitrogen and oxygen atoms in total. The van der Waals surface area contributed by atoms with Crippen molar-refractivity contribution in [2.24, 2.45) is 0 Å². The van der Waals surface area contributed by atoms with Crippen molar-refractivity contribution in [1.82, 2.24) is 9.97 Å². The van der Waals surface area contributed by atoms with Gasteiger partial charge in [-0.2, -0.15) is 0 Å². The summed E-state index contributed by atoms with van der Waals surface area (Å²) >= 11 is 3.20. The molecular formula is C15H17BrN2O2. The summed E-state index contributed by atoms with van der Waals surface area (Å²) in [5.41, 5.74) is 1.84. The van der Waals surface area contributed by atoms with Crippen molar-refractivity contribution in [3.63, 3.8) is 0 Å². The Balaban J connectivity index is 2.50. The maximum absolute atomic E-state index is 11.6. The second-order valence-corrected chi connectivity index (χ2v) is 6.50. The molecule has 0 atom stereocenters. The molecule has 0 saturated heterocycles. The molecule has 106 valence electrons. The van der Waals surface area contributed by atoms with Crippen LogP contribution in [0.15, 0.2) is 33.8 Å². The van der Waals surface area contributed by atoms with Gasteiger partial charge in [0.05, 0.1) is 6.33 Å². The first-order chi connectivity index (χ1) is 9.29. The quantitative estimate of drug-likeness (QED) is 0.903. The first kappa shape index (κ1) is 14.8. The Kier molecular flexibility index (Phi) is 3.99. The van der Waals surface area contributed by atoms with Gasteiger partial charge in [-0.15, -0.1) is 0 Å². The Morgan fingerprint density at radius 3 is 2.65 bits per heavy atom. The monoisotopic (exact) mass is 336 g/mol. The Labute approximate surface area is 126 Å². The van der Waals surface area contributed by atoms with Crippen molar-refractivity contribution in [2.45, 2.75) is 33.1 Å². The van der Waals surface area contributed by atoms with E-state index in [2.05, 4.69) is 46.7 Å². The third kappa shape index (κ3) is 3.10. The summed E-state index contributed by atoms with van der Waals surface area (Å²) in [6, 6.07) is 6.05. The Bertz CT molecular complexity index is 687. The molecule has 0 aliphatic heterocycles. The fraction of sp³-hybridized carbons (Fsp3) is 0.333. The average Bonchev–Trinajstić information content (AvgIpc) is 2.33. The number of rotatable bonds is 2. The molecule has 0 amide bonds. The highest BCUT2D eigenvalue weighted by Gasteiger charge is 2.20. The normalized spacial score (nSPS) is 11.4. The second kappa shape index (κ2) is 5.40. The smallest absolute Gasteiger partial charge is 0.268 e. The zero-order valence-electron chi connectivity index (χ0n) is 12.0. The summed E-state index contributed by atoms with van der Waals surface area (Å²) in [5.74, 6) is 0.987. The van der Waals surface area contributed by atoms with Crippen LogP contribution in [-0.2, 0) is 5.41 Å². The van der Waals surface area contributed by atoms with Gasteiger partial charge in [0.15, 0.2) is 0 Å². The molecule has 0 bridgehead atoms. The number of H-pyrrole nitrogens is 1. The molecule has 1 N–H and O–H groups in total. The molecule has 0 unspecified atom stereocenters. The Morgan fingerprint density at radius 2 is 2.00 bits per heavy atom. The summed E-state index contributed by atoms with van der Waals surface area (Å²) in [5, 5.41) is 0. The highest BCUT2D eigenvalue weighted by molar-refractivity contribution is 9.10. The van der Waals surface area contributed by atoms with Gasteiger partial charge in [-0.05, 0) is 39.9 Å². The molecule has 0 saturated carbocycles. The van der Waals surface area contributed by atoms with Crippen molar-refractivity contribution < 1.29 is 4.74 Å². The number of aryl methyl sites for hydroxylation is 1. The number of hydrogen-bond acceptors (Lipinski definition) is 3. The minimum atomic E-state index is -0.264. The summed E-state index contributed by atoms with van der Waals surface area (Å²) in [6.45, 7) is 8.35. The number of halogens is 1. The summed E-state index contributed by atoms with van der Waals surface area (Å²) in [7, 11) is 0. The van der Waals surface area contributed by atoms with Gasteiger partial charge in [-0.25, -0.2) is 4.98 Å². The maximum atomic E-state index is 11.6. The van der Waals surface area contributed by atoms with E-state index < -0.39 is 0 Å². The fourth-order valence-electron chi connectivity index (χ4n) is 1.88. The second-order valence-electron chi connectivity index (χ2n) is 5.70. The van der Waals surface area contributed by atoms with E-state index in [9.17, 15) is 4.79 Å². The highest BCUT2D eigenvalue weighted by atomic mass is 79.9. The predicted octanol–water partition coefficient (Wildman–Crippen LogP) is 3.93. The van der Waals surface area contributed by atoms with Crippen LogP contribution in [0, 0.1) is 6.92 Å². The predicted molar refractivity (Wildman–Crippen MR) is 82.5 cm³/mol. The first-order valence-electron chi connectivity index (χ1n) is 6.31. The Morgan fingerprint density at radius 1 is 1.30 bits per heavy atom. The zero-order valence-corrected chi connectivity index (χ0v) is 13.5. The van der Waals surface area contributed by atoms with Crippen LogP contribution < -0.4 is 10.3 Å². The highest BCUT2D eigenvalue weighted by Crippen LogP contribution is 2.35. The minimum absolute atomic E-state index is 0.0588. The largest absolute Gasteiger partial charge is 0.437 e. The number of nitrogens with one attached hydrogen (secondary N) is 1. The summed E-state index contributed by atoms with van der Waals surface area (Å²) < 4.78 is 6.14. The number of ether oxygens (including phenoxy) is 1. The molecule has 1 heterocycles. The van der Waals surface area contributed by atoms with Crippen molar-refractivity contribution in [3.8, 4) is 11.6 Å². The SMILES string of the molecule is Cc1ccc(C(C)(C)C)c(Oc2nc[nH]c(=O)c2Br)c1. The molecule has 2 aromatic rings. The van der Waals surface area contributed by atoms with E-state index >= 15 is 0 Å². The van der Waals surface area contributed by atoms with Gasteiger partial charge in [-0.3, -0.25) is 4.79 Å². The molecule has 0 aliphatic carbocycles. The van der Waals surface area contributed by atoms with Crippen LogP contribution in [0.5, 0.6) is 11.6 Å². The van der Waals surface area contributed by atoms with E-state index in [1.807, 2.05) is 25.1 Å². The lowest BCUT2D eigenvalue weighted by atomic mass is 9.86. The zero-order chi connectivity index (χ0) is 14.9. The number of aromatic nitrogens is 2. The molecular weight excluding hydrogens is 320 g/mol. The van der Waals surface area contributed by atoms with Crippen LogP contribution in [0.25, 0.3) is 0 Å². The van der Waals surface area contributed by atoms with E-state index in [0.717, 1.165) is 16.9 Å². The van der Waals surface area contributed by atoms with E-state index in [1.54, 1.807) is 0 Å². The molecule has 0 radical (unpaired) electrons. The molecule has 1 aromatic heterocycles. The van der Waals surface area contributed by atoms with Crippen molar-refractivity contribution in [1.29, 1.82) is 0 Å².